The van der Waals surface area contributed by atoms with Gasteiger partial charge in [0, 0.05) is 6.04 Å². The van der Waals surface area contributed by atoms with Crippen LogP contribution >= 0.6 is 0 Å². The summed E-state index contributed by atoms with van der Waals surface area (Å²) in [5.74, 6) is 2.00. The van der Waals surface area contributed by atoms with E-state index in [4.69, 9.17) is 4.42 Å². The molecule has 21 heavy (non-hydrogen) atoms. The lowest BCUT2D eigenvalue weighted by Crippen LogP contribution is -2.36. The van der Waals surface area contributed by atoms with Gasteiger partial charge in [-0.25, -0.2) is 0 Å². The quantitative estimate of drug-likeness (QED) is 0.781. The number of hydrogen-bond donors (Lipinski definition) is 0. The van der Waals surface area contributed by atoms with Crippen molar-refractivity contribution >= 4 is 0 Å². The summed E-state index contributed by atoms with van der Waals surface area (Å²) in [6.07, 6.45) is 0.694. The van der Waals surface area contributed by atoms with Crippen LogP contribution < -0.4 is 0 Å². The van der Waals surface area contributed by atoms with Crippen molar-refractivity contribution in [2.24, 2.45) is 5.92 Å². The van der Waals surface area contributed by atoms with Gasteiger partial charge < -0.3 is 4.42 Å². The summed E-state index contributed by atoms with van der Waals surface area (Å²) in [6.45, 7) is 10.6. The predicted molar refractivity (Wildman–Crippen MR) is 83.9 cm³/mol. The molecule has 1 heterocycles. The Morgan fingerprint density at radius 3 is 2.33 bits per heavy atom. The minimum atomic E-state index is 0.500. The monoisotopic (exact) mass is 287 g/mol. The van der Waals surface area contributed by atoms with E-state index in [2.05, 4.69) is 54.9 Å². The molecule has 1 atom stereocenters. The van der Waals surface area contributed by atoms with E-state index in [0.29, 0.717) is 30.2 Å². The molecule has 0 aliphatic carbocycles. The van der Waals surface area contributed by atoms with Crippen molar-refractivity contribution in [1.82, 2.24) is 15.1 Å². The Balaban J connectivity index is 1.99. The summed E-state index contributed by atoms with van der Waals surface area (Å²) in [5, 5.41) is 8.34. The summed E-state index contributed by atoms with van der Waals surface area (Å²) in [6, 6.07) is 10.7. The zero-order valence-electron chi connectivity index (χ0n) is 13.4. The molecule has 2 rings (SSSR count). The standard InChI is InChI=1S/C17H25N3O/c1-5-20(14(4)13(2)3)12-17-19-18-16(21-17)11-15-9-7-6-8-10-15/h6-10,13-14H,5,11-12H2,1-4H3. The zero-order valence-corrected chi connectivity index (χ0v) is 13.4. The highest BCUT2D eigenvalue weighted by Crippen LogP contribution is 2.14. The molecule has 4 heteroatoms. The maximum atomic E-state index is 5.79. The van der Waals surface area contributed by atoms with Crippen LogP contribution in [0.1, 0.15) is 45.0 Å². The van der Waals surface area contributed by atoms with E-state index in [1.54, 1.807) is 0 Å². The molecule has 0 N–H and O–H groups in total. The third-order valence-electron chi connectivity index (χ3n) is 3.99. The topological polar surface area (TPSA) is 42.2 Å². The first-order valence-electron chi connectivity index (χ1n) is 7.69. The summed E-state index contributed by atoms with van der Waals surface area (Å²) < 4.78 is 5.79. The molecule has 1 unspecified atom stereocenters. The molecule has 1 aromatic carbocycles. The number of nitrogens with zero attached hydrogens (tertiary/aromatic N) is 3. The molecular formula is C17H25N3O. The molecule has 1 aromatic heterocycles. The van der Waals surface area contributed by atoms with Gasteiger partial charge in [0.05, 0.1) is 13.0 Å². The third kappa shape index (κ3) is 4.39. The van der Waals surface area contributed by atoms with Crippen LogP contribution in [0.3, 0.4) is 0 Å². The molecule has 4 nitrogen and oxygen atoms in total. The highest BCUT2D eigenvalue weighted by molar-refractivity contribution is 5.17. The third-order valence-corrected chi connectivity index (χ3v) is 3.99. The van der Waals surface area contributed by atoms with E-state index in [9.17, 15) is 0 Å². The van der Waals surface area contributed by atoms with Gasteiger partial charge in [-0.1, -0.05) is 51.1 Å². The van der Waals surface area contributed by atoms with Gasteiger partial charge in [0.15, 0.2) is 0 Å². The smallest absolute Gasteiger partial charge is 0.230 e. The van der Waals surface area contributed by atoms with Gasteiger partial charge in [0.1, 0.15) is 0 Å². The van der Waals surface area contributed by atoms with E-state index in [1.165, 1.54) is 5.56 Å². The summed E-state index contributed by atoms with van der Waals surface area (Å²) >= 11 is 0. The molecule has 0 saturated carbocycles. The predicted octanol–water partition coefficient (Wildman–Crippen LogP) is 3.53. The van der Waals surface area contributed by atoms with Crippen LogP contribution in [-0.2, 0) is 13.0 Å². The second-order valence-electron chi connectivity index (χ2n) is 5.80. The van der Waals surface area contributed by atoms with Crippen LogP contribution in [0.2, 0.25) is 0 Å². The van der Waals surface area contributed by atoms with E-state index in [1.807, 2.05) is 18.2 Å². The van der Waals surface area contributed by atoms with Crippen LogP contribution in [-0.4, -0.2) is 27.7 Å². The normalized spacial score (nSPS) is 13.0. The molecule has 0 fully saturated rings. The minimum absolute atomic E-state index is 0.500. The van der Waals surface area contributed by atoms with Crippen molar-refractivity contribution in [1.29, 1.82) is 0 Å². The van der Waals surface area contributed by atoms with Crippen LogP contribution in [0.15, 0.2) is 34.7 Å². The SMILES string of the molecule is CCN(Cc1nnc(Cc2ccccc2)o1)C(C)C(C)C. The van der Waals surface area contributed by atoms with Crippen molar-refractivity contribution in [3.63, 3.8) is 0 Å². The van der Waals surface area contributed by atoms with E-state index in [0.717, 1.165) is 13.1 Å². The molecule has 0 amide bonds. The number of benzene rings is 1. The van der Waals surface area contributed by atoms with Crippen LogP contribution in [0, 0.1) is 5.92 Å². The van der Waals surface area contributed by atoms with Crippen molar-refractivity contribution in [3.05, 3.63) is 47.7 Å². The molecule has 0 saturated heterocycles. The van der Waals surface area contributed by atoms with Crippen molar-refractivity contribution in [2.75, 3.05) is 6.54 Å². The lowest BCUT2D eigenvalue weighted by atomic mass is 10.0. The average molecular weight is 287 g/mol. The Bertz CT molecular complexity index is 536. The Morgan fingerprint density at radius 2 is 1.71 bits per heavy atom. The minimum Gasteiger partial charge on any atom is -0.424 e. The Labute approximate surface area is 127 Å². The van der Waals surface area contributed by atoms with Gasteiger partial charge in [0.2, 0.25) is 11.8 Å². The molecule has 2 aromatic rings. The average Bonchev–Trinajstić information content (AvgIpc) is 2.92. The fourth-order valence-electron chi connectivity index (χ4n) is 2.33. The zero-order chi connectivity index (χ0) is 15.2. The second kappa shape index (κ2) is 7.36. The maximum Gasteiger partial charge on any atom is 0.230 e. The summed E-state index contributed by atoms with van der Waals surface area (Å²) in [5.41, 5.74) is 1.19. The first kappa shape index (κ1) is 15.7. The van der Waals surface area contributed by atoms with Crippen molar-refractivity contribution in [2.45, 2.75) is 46.7 Å². The Kier molecular flexibility index (Phi) is 5.51. The van der Waals surface area contributed by atoms with Gasteiger partial charge in [0.25, 0.3) is 0 Å². The van der Waals surface area contributed by atoms with E-state index >= 15 is 0 Å². The second-order valence-corrected chi connectivity index (χ2v) is 5.80. The first-order valence-corrected chi connectivity index (χ1v) is 7.69. The van der Waals surface area contributed by atoms with Crippen LogP contribution in [0.25, 0.3) is 0 Å². The number of rotatable bonds is 7. The molecule has 0 aliphatic rings. The first-order chi connectivity index (χ1) is 10.1. The highest BCUT2D eigenvalue weighted by atomic mass is 16.4. The lowest BCUT2D eigenvalue weighted by Gasteiger charge is -2.29. The number of aromatic nitrogens is 2. The molecule has 0 aliphatic heterocycles. The fourth-order valence-corrected chi connectivity index (χ4v) is 2.33. The van der Waals surface area contributed by atoms with E-state index < -0.39 is 0 Å². The largest absolute Gasteiger partial charge is 0.424 e. The van der Waals surface area contributed by atoms with Crippen molar-refractivity contribution in [3.8, 4) is 0 Å². The van der Waals surface area contributed by atoms with Crippen LogP contribution in [0.4, 0.5) is 0 Å². The van der Waals surface area contributed by atoms with Gasteiger partial charge in [-0.05, 0) is 24.9 Å². The van der Waals surface area contributed by atoms with Crippen LogP contribution in [0.5, 0.6) is 0 Å². The molecule has 0 spiro atoms. The Hall–Kier alpha value is -1.68. The summed E-state index contributed by atoms with van der Waals surface area (Å²) in [7, 11) is 0. The Morgan fingerprint density at radius 1 is 1.05 bits per heavy atom. The van der Waals surface area contributed by atoms with Crippen molar-refractivity contribution < 1.29 is 4.42 Å². The summed E-state index contributed by atoms with van der Waals surface area (Å²) in [4.78, 5) is 2.37. The molecule has 0 radical (unpaired) electrons. The van der Waals surface area contributed by atoms with Gasteiger partial charge >= 0.3 is 0 Å². The number of hydrogen-bond acceptors (Lipinski definition) is 4. The lowest BCUT2D eigenvalue weighted by molar-refractivity contribution is 0.153. The molecule has 0 bridgehead atoms. The van der Waals surface area contributed by atoms with Gasteiger partial charge in [-0.3, -0.25) is 4.90 Å². The molecule has 114 valence electrons. The van der Waals surface area contributed by atoms with Gasteiger partial charge in [-0.15, -0.1) is 10.2 Å². The molecular weight excluding hydrogens is 262 g/mol. The highest BCUT2D eigenvalue weighted by Gasteiger charge is 2.18. The maximum absolute atomic E-state index is 5.79. The van der Waals surface area contributed by atoms with E-state index in [-0.39, 0.29) is 0 Å². The fraction of sp³-hybridized carbons (Fsp3) is 0.529. The van der Waals surface area contributed by atoms with Gasteiger partial charge in [-0.2, -0.15) is 0 Å².